The monoisotopic (exact) mass is 205 g/mol. The number of thiophene rings is 1. The fraction of sp³-hybridized carbons (Fsp3) is 0.200. The minimum Gasteiger partial charge on any atom is -0.318 e. The van der Waals surface area contributed by atoms with Crippen molar-refractivity contribution in [1.82, 2.24) is 9.97 Å². The van der Waals surface area contributed by atoms with Crippen LogP contribution >= 0.6 is 11.3 Å². The number of aryl methyl sites for hydroxylation is 1. The molecule has 3 nitrogen and oxygen atoms in total. The first kappa shape index (κ1) is 9.30. The summed E-state index contributed by atoms with van der Waals surface area (Å²) in [4.78, 5) is 9.54. The molecule has 0 spiro atoms. The van der Waals surface area contributed by atoms with Crippen molar-refractivity contribution >= 4 is 11.3 Å². The van der Waals surface area contributed by atoms with Crippen molar-refractivity contribution in [3.63, 3.8) is 0 Å². The lowest BCUT2D eigenvalue weighted by Gasteiger charge is -2.07. The largest absolute Gasteiger partial charge is 0.318 e. The van der Waals surface area contributed by atoms with Gasteiger partial charge in [-0.2, -0.15) is 0 Å². The Bertz CT molecular complexity index is 394. The molecule has 14 heavy (non-hydrogen) atoms. The van der Waals surface area contributed by atoms with E-state index >= 15 is 0 Å². The van der Waals surface area contributed by atoms with Gasteiger partial charge in [-0.25, -0.2) is 0 Å². The predicted octanol–water partition coefficient (Wildman–Crippen LogP) is 1.89. The van der Waals surface area contributed by atoms with E-state index in [-0.39, 0.29) is 6.04 Å². The molecule has 0 aliphatic heterocycles. The van der Waals surface area contributed by atoms with Crippen LogP contribution in [0.5, 0.6) is 0 Å². The molecule has 4 heteroatoms. The van der Waals surface area contributed by atoms with E-state index in [4.69, 9.17) is 5.73 Å². The molecule has 0 aromatic carbocycles. The number of hydrogen-bond donors (Lipinski definition) is 1. The van der Waals surface area contributed by atoms with Gasteiger partial charge in [0.05, 0.1) is 23.6 Å². The van der Waals surface area contributed by atoms with Gasteiger partial charge in [-0.1, -0.05) is 6.07 Å². The zero-order chi connectivity index (χ0) is 9.97. The molecular formula is C10H11N3S. The van der Waals surface area contributed by atoms with Gasteiger partial charge >= 0.3 is 0 Å². The van der Waals surface area contributed by atoms with Crippen LogP contribution in [0, 0.1) is 6.92 Å². The Morgan fingerprint density at radius 1 is 1.36 bits per heavy atom. The van der Waals surface area contributed by atoms with Gasteiger partial charge in [-0.05, 0) is 18.4 Å². The minimum atomic E-state index is -0.150. The van der Waals surface area contributed by atoms with Gasteiger partial charge in [0.2, 0.25) is 0 Å². The topological polar surface area (TPSA) is 51.8 Å². The Morgan fingerprint density at radius 2 is 2.21 bits per heavy atom. The van der Waals surface area contributed by atoms with Crippen LogP contribution in [0.15, 0.2) is 29.9 Å². The van der Waals surface area contributed by atoms with Gasteiger partial charge < -0.3 is 5.73 Å². The molecule has 1 unspecified atom stereocenters. The SMILES string of the molecule is Cc1cnc(C(N)c2cccs2)cn1. The van der Waals surface area contributed by atoms with E-state index < -0.39 is 0 Å². The average molecular weight is 205 g/mol. The average Bonchev–Trinajstić information content (AvgIpc) is 2.71. The standard InChI is InChI=1S/C10H11N3S/c1-7-5-13-8(6-12-7)10(11)9-3-2-4-14-9/h2-6,10H,11H2,1H3. The van der Waals surface area contributed by atoms with Crippen molar-refractivity contribution in [2.75, 3.05) is 0 Å². The molecule has 0 radical (unpaired) electrons. The van der Waals surface area contributed by atoms with Crippen molar-refractivity contribution in [2.45, 2.75) is 13.0 Å². The summed E-state index contributed by atoms with van der Waals surface area (Å²) in [5.74, 6) is 0. The normalized spacial score (nSPS) is 12.7. The first-order valence-electron chi connectivity index (χ1n) is 4.35. The molecule has 2 heterocycles. The molecule has 0 aliphatic rings. The van der Waals surface area contributed by atoms with Crippen molar-refractivity contribution in [1.29, 1.82) is 0 Å². The first-order valence-corrected chi connectivity index (χ1v) is 5.23. The predicted molar refractivity (Wildman–Crippen MR) is 57.1 cm³/mol. The zero-order valence-corrected chi connectivity index (χ0v) is 8.66. The van der Waals surface area contributed by atoms with Gasteiger partial charge in [0.25, 0.3) is 0 Å². The molecule has 2 aromatic rings. The van der Waals surface area contributed by atoms with Crippen LogP contribution < -0.4 is 5.73 Å². The Morgan fingerprint density at radius 3 is 2.79 bits per heavy atom. The van der Waals surface area contributed by atoms with Crippen molar-refractivity contribution in [3.05, 3.63) is 46.2 Å². The Labute approximate surface area is 86.6 Å². The molecule has 0 bridgehead atoms. The Balaban J connectivity index is 2.28. The fourth-order valence-electron chi connectivity index (χ4n) is 1.18. The van der Waals surface area contributed by atoms with Crippen LogP contribution in [0.2, 0.25) is 0 Å². The van der Waals surface area contributed by atoms with E-state index in [0.717, 1.165) is 16.3 Å². The van der Waals surface area contributed by atoms with Crippen LogP contribution in [0.4, 0.5) is 0 Å². The highest BCUT2D eigenvalue weighted by Crippen LogP contribution is 2.21. The molecule has 2 rings (SSSR count). The van der Waals surface area contributed by atoms with Crippen molar-refractivity contribution in [2.24, 2.45) is 5.73 Å². The van der Waals surface area contributed by atoms with Crippen LogP contribution in [0.3, 0.4) is 0 Å². The fourth-order valence-corrected chi connectivity index (χ4v) is 1.92. The summed E-state index contributed by atoms with van der Waals surface area (Å²) >= 11 is 1.64. The second-order valence-corrected chi connectivity index (χ2v) is 4.06. The van der Waals surface area contributed by atoms with Crippen molar-refractivity contribution in [3.8, 4) is 0 Å². The summed E-state index contributed by atoms with van der Waals surface area (Å²) in [6.07, 6.45) is 3.47. The molecule has 0 saturated heterocycles. The maximum absolute atomic E-state index is 6.02. The summed E-state index contributed by atoms with van der Waals surface area (Å²) < 4.78 is 0. The lowest BCUT2D eigenvalue weighted by molar-refractivity contribution is 0.829. The molecule has 2 N–H and O–H groups in total. The molecule has 0 fully saturated rings. The van der Waals surface area contributed by atoms with Crippen LogP contribution in [0.25, 0.3) is 0 Å². The molecule has 0 amide bonds. The second kappa shape index (κ2) is 3.86. The second-order valence-electron chi connectivity index (χ2n) is 3.08. The third-order valence-corrected chi connectivity index (χ3v) is 2.92. The highest BCUT2D eigenvalue weighted by Gasteiger charge is 2.10. The number of rotatable bonds is 2. The zero-order valence-electron chi connectivity index (χ0n) is 7.84. The third kappa shape index (κ3) is 1.81. The summed E-state index contributed by atoms with van der Waals surface area (Å²) in [6.45, 7) is 1.91. The van der Waals surface area contributed by atoms with Gasteiger partial charge in [0, 0.05) is 11.1 Å². The molecular weight excluding hydrogens is 194 g/mol. The maximum Gasteiger partial charge on any atom is 0.0835 e. The van der Waals surface area contributed by atoms with Crippen LogP contribution in [0.1, 0.15) is 22.3 Å². The number of nitrogens with zero attached hydrogens (tertiary/aromatic N) is 2. The molecule has 1 atom stereocenters. The van der Waals surface area contributed by atoms with E-state index in [1.165, 1.54) is 0 Å². The molecule has 72 valence electrons. The summed E-state index contributed by atoms with van der Waals surface area (Å²) in [7, 11) is 0. The van der Waals surface area contributed by atoms with Gasteiger partial charge in [0.1, 0.15) is 0 Å². The highest BCUT2D eigenvalue weighted by atomic mass is 32.1. The smallest absolute Gasteiger partial charge is 0.0835 e. The number of nitrogens with two attached hydrogens (primary N) is 1. The summed E-state index contributed by atoms with van der Waals surface area (Å²) in [5.41, 5.74) is 7.75. The maximum atomic E-state index is 6.02. The third-order valence-electron chi connectivity index (χ3n) is 1.97. The Hall–Kier alpha value is -1.26. The van der Waals surface area contributed by atoms with E-state index in [1.807, 2.05) is 24.4 Å². The quantitative estimate of drug-likeness (QED) is 0.814. The Kier molecular flexibility index (Phi) is 2.56. The van der Waals surface area contributed by atoms with Gasteiger partial charge in [0.15, 0.2) is 0 Å². The van der Waals surface area contributed by atoms with E-state index in [1.54, 1.807) is 23.7 Å². The molecule has 0 aliphatic carbocycles. The number of aromatic nitrogens is 2. The lowest BCUT2D eigenvalue weighted by Crippen LogP contribution is -2.12. The summed E-state index contributed by atoms with van der Waals surface area (Å²) in [5, 5.41) is 2.01. The lowest BCUT2D eigenvalue weighted by atomic mass is 10.2. The van der Waals surface area contributed by atoms with E-state index in [9.17, 15) is 0 Å². The molecule has 2 aromatic heterocycles. The van der Waals surface area contributed by atoms with Crippen LogP contribution in [-0.4, -0.2) is 9.97 Å². The van der Waals surface area contributed by atoms with E-state index in [0.29, 0.717) is 0 Å². The molecule has 0 saturated carbocycles. The highest BCUT2D eigenvalue weighted by molar-refractivity contribution is 7.10. The van der Waals surface area contributed by atoms with Gasteiger partial charge in [-0.3, -0.25) is 9.97 Å². The first-order chi connectivity index (χ1) is 6.77. The minimum absolute atomic E-state index is 0.150. The van der Waals surface area contributed by atoms with Crippen LogP contribution in [-0.2, 0) is 0 Å². The van der Waals surface area contributed by atoms with E-state index in [2.05, 4.69) is 9.97 Å². The van der Waals surface area contributed by atoms with Crippen molar-refractivity contribution < 1.29 is 0 Å². The van der Waals surface area contributed by atoms with Gasteiger partial charge in [-0.15, -0.1) is 11.3 Å². The number of hydrogen-bond acceptors (Lipinski definition) is 4. The summed E-state index contributed by atoms with van der Waals surface area (Å²) in [6, 6.07) is 3.85.